The molecule has 0 aromatic heterocycles. The zero-order valence-corrected chi connectivity index (χ0v) is 26.0. The van der Waals surface area contributed by atoms with Gasteiger partial charge in [0, 0.05) is 19.5 Å². The largest absolute Gasteiger partial charge is 0.354 e. The average molecular weight is 616 g/mol. The number of hydrogen-bond acceptors (Lipinski definition) is 4. The number of aryl methyl sites for hydroxylation is 1. The molecule has 9 heteroatoms. The molecule has 7 nitrogen and oxygen atoms in total. The number of halogens is 1. The van der Waals surface area contributed by atoms with Crippen LogP contribution in [0.4, 0.5) is 10.1 Å². The molecular formula is C35H38FN3O4S. The molecule has 1 N–H and O–H groups in total. The number of benzene rings is 4. The molecule has 4 aromatic carbocycles. The van der Waals surface area contributed by atoms with E-state index in [1.165, 1.54) is 35.2 Å². The molecule has 0 aliphatic carbocycles. The number of amides is 2. The molecule has 0 saturated carbocycles. The van der Waals surface area contributed by atoms with Crippen molar-refractivity contribution in [1.29, 1.82) is 0 Å². The number of anilines is 1. The first-order chi connectivity index (χ1) is 21.1. The van der Waals surface area contributed by atoms with Crippen LogP contribution in [0.25, 0.3) is 0 Å². The molecule has 0 fully saturated rings. The van der Waals surface area contributed by atoms with E-state index in [1.807, 2.05) is 75.4 Å². The van der Waals surface area contributed by atoms with Gasteiger partial charge in [-0.25, -0.2) is 12.8 Å². The van der Waals surface area contributed by atoms with E-state index >= 15 is 4.39 Å². The van der Waals surface area contributed by atoms with Crippen molar-refractivity contribution in [3.05, 3.63) is 132 Å². The second kappa shape index (κ2) is 14.8. The number of carbonyl (C=O) groups is 2. The molecule has 0 radical (unpaired) electrons. The van der Waals surface area contributed by atoms with Crippen molar-refractivity contribution in [3.63, 3.8) is 0 Å². The molecule has 1 atom stereocenters. The SMILES string of the molecule is Cc1ccccc1CN(C(=O)CN(c1ccccc1F)S(=O)(=O)c1ccccc1)[C@@H](Cc1ccccc1)C(=O)NCC(C)C. The van der Waals surface area contributed by atoms with E-state index in [0.29, 0.717) is 6.54 Å². The first-order valence-electron chi connectivity index (χ1n) is 14.6. The van der Waals surface area contributed by atoms with Gasteiger partial charge in [0.2, 0.25) is 11.8 Å². The Labute approximate surface area is 259 Å². The van der Waals surface area contributed by atoms with E-state index in [1.54, 1.807) is 18.2 Å². The number of sulfonamides is 1. The fourth-order valence-corrected chi connectivity index (χ4v) is 6.28. The minimum atomic E-state index is -4.37. The van der Waals surface area contributed by atoms with E-state index < -0.39 is 34.3 Å². The lowest BCUT2D eigenvalue weighted by molar-refractivity contribution is -0.140. The summed E-state index contributed by atoms with van der Waals surface area (Å²) in [6, 6.07) is 28.9. The van der Waals surface area contributed by atoms with Gasteiger partial charge in [0.05, 0.1) is 10.6 Å². The second-order valence-electron chi connectivity index (χ2n) is 11.1. The number of rotatable bonds is 13. The van der Waals surface area contributed by atoms with Crippen LogP contribution in [0.1, 0.15) is 30.5 Å². The maximum Gasteiger partial charge on any atom is 0.264 e. The highest BCUT2D eigenvalue weighted by Crippen LogP contribution is 2.27. The van der Waals surface area contributed by atoms with Gasteiger partial charge in [-0.15, -0.1) is 0 Å². The Bertz CT molecular complexity index is 1660. The summed E-state index contributed by atoms with van der Waals surface area (Å²) in [5.41, 5.74) is 2.29. The van der Waals surface area contributed by atoms with E-state index in [-0.39, 0.29) is 35.4 Å². The number of nitrogens with one attached hydrogen (secondary N) is 1. The van der Waals surface area contributed by atoms with Gasteiger partial charge < -0.3 is 10.2 Å². The molecule has 4 rings (SSSR count). The van der Waals surface area contributed by atoms with Gasteiger partial charge in [-0.05, 0) is 53.8 Å². The van der Waals surface area contributed by atoms with Crippen LogP contribution in [0.5, 0.6) is 0 Å². The normalized spacial score (nSPS) is 12.0. The van der Waals surface area contributed by atoms with Crippen LogP contribution in [-0.4, -0.2) is 44.3 Å². The Morgan fingerprint density at radius 2 is 1.41 bits per heavy atom. The van der Waals surface area contributed by atoms with Crippen LogP contribution in [0.15, 0.2) is 114 Å². The molecule has 0 unspecified atom stereocenters. The molecule has 2 amide bonds. The van der Waals surface area contributed by atoms with E-state index in [0.717, 1.165) is 27.1 Å². The lowest BCUT2D eigenvalue weighted by Gasteiger charge is -2.34. The Kier molecular flexibility index (Phi) is 10.9. The number of para-hydroxylation sites is 1. The predicted molar refractivity (Wildman–Crippen MR) is 171 cm³/mol. The van der Waals surface area contributed by atoms with Crippen LogP contribution < -0.4 is 9.62 Å². The van der Waals surface area contributed by atoms with Crippen molar-refractivity contribution < 1.29 is 22.4 Å². The summed E-state index contributed by atoms with van der Waals surface area (Å²) in [6.45, 7) is 5.60. The van der Waals surface area contributed by atoms with Gasteiger partial charge in [-0.2, -0.15) is 0 Å². The Morgan fingerprint density at radius 3 is 2.05 bits per heavy atom. The molecule has 0 heterocycles. The Balaban J connectivity index is 1.81. The minimum absolute atomic E-state index is 0.0502. The lowest BCUT2D eigenvalue weighted by Crippen LogP contribution is -2.54. The second-order valence-corrected chi connectivity index (χ2v) is 12.9. The highest BCUT2D eigenvalue weighted by Gasteiger charge is 2.35. The number of carbonyl (C=O) groups excluding carboxylic acids is 2. The van der Waals surface area contributed by atoms with Gasteiger partial charge >= 0.3 is 0 Å². The lowest BCUT2D eigenvalue weighted by atomic mass is 10.0. The summed E-state index contributed by atoms with van der Waals surface area (Å²) in [7, 11) is -4.37. The topological polar surface area (TPSA) is 86.8 Å². The molecule has 0 bridgehead atoms. The zero-order valence-electron chi connectivity index (χ0n) is 25.2. The van der Waals surface area contributed by atoms with Crippen molar-refractivity contribution in [2.75, 3.05) is 17.4 Å². The summed E-state index contributed by atoms with van der Waals surface area (Å²) < 4.78 is 43.9. The van der Waals surface area contributed by atoms with E-state index in [2.05, 4.69) is 5.32 Å². The first-order valence-corrected chi connectivity index (χ1v) is 16.0. The van der Waals surface area contributed by atoms with Crippen molar-refractivity contribution in [2.45, 2.75) is 44.7 Å². The smallest absolute Gasteiger partial charge is 0.264 e. The first kappa shape index (κ1) is 32.4. The predicted octanol–water partition coefficient (Wildman–Crippen LogP) is 5.74. The standard InChI is InChI=1S/C35H38FN3O4S/c1-26(2)23-37-35(41)33(22-28-15-6-4-7-16-28)38(24-29-17-11-10-14-27(29)3)34(40)25-39(32-21-13-12-20-31(32)36)44(42,43)30-18-8-5-9-19-30/h4-21,26,33H,22-25H2,1-3H3,(H,37,41)/t33-/m0/s1. The Hall–Kier alpha value is -4.50. The summed E-state index contributed by atoms with van der Waals surface area (Å²) in [4.78, 5) is 29.6. The zero-order chi connectivity index (χ0) is 31.7. The maximum absolute atomic E-state index is 15.2. The third-order valence-electron chi connectivity index (χ3n) is 7.29. The molecule has 4 aromatic rings. The summed E-state index contributed by atoms with van der Waals surface area (Å²) in [5, 5.41) is 2.96. The summed E-state index contributed by atoms with van der Waals surface area (Å²) in [6.07, 6.45) is 0.202. The van der Waals surface area contributed by atoms with Crippen molar-refractivity contribution in [3.8, 4) is 0 Å². The van der Waals surface area contributed by atoms with Gasteiger partial charge in [0.15, 0.2) is 0 Å². The van der Waals surface area contributed by atoms with Crippen molar-refractivity contribution >= 4 is 27.5 Å². The van der Waals surface area contributed by atoms with Gasteiger partial charge in [-0.1, -0.05) is 98.8 Å². The molecule has 0 saturated heterocycles. The number of nitrogens with zero attached hydrogens (tertiary/aromatic N) is 2. The summed E-state index contributed by atoms with van der Waals surface area (Å²) >= 11 is 0. The van der Waals surface area contributed by atoms with Gasteiger partial charge in [-0.3, -0.25) is 13.9 Å². The molecule has 44 heavy (non-hydrogen) atoms. The molecule has 0 aliphatic heterocycles. The highest BCUT2D eigenvalue weighted by atomic mass is 32.2. The van der Waals surface area contributed by atoms with Crippen molar-refractivity contribution in [1.82, 2.24) is 10.2 Å². The van der Waals surface area contributed by atoms with Crippen LogP contribution in [0, 0.1) is 18.7 Å². The fraction of sp³-hybridized carbons (Fsp3) is 0.257. The van der Waals surface area contributed by atoms with Crippen LogP contribution in [-0.2, 0) is 32.6 Å². The number of hydrogen-bond donors (Lipinski definition) is 1. The van der Waals surface area contributed by atoms with Crippen LogP contribution in [0.2, 0.25) is 0 Å². The molecule has 0 spiro atoms. The quantitative estimate of drug-likeness (QED) is 0.208. The highest BCUT2D eigenvalue weighted by molar-refractivity contribution is 7.92. The monoisotopic (exact) mass is 615 g/mol. The summed E-state index contributed by atoms with van der Waals surface area (Å²) in [5.74, 6) is -1.62. The maximum atomic E-state index is 15.2. The van der Waals surface area contributed by atoms with Crippen molar-refractivity contribution in [2.24, 2.45) is 5.92 Å². The fourth-order valence-electron chi connectivity index (χ4n) is 4.83. The van der Waals surface area contributed by atoms with Crippen LogP contribution >= 0.6 is 0 Å². The Morgan fingerprint density at radius 1 is 0.818 bits per heavy atom. The van der Waals surface area contributed by atoms with Gasteiger partial charge in [0.25, 0.3) is 10.0 Å². The van der Waals surface area contributed by atoms with Gasteiger partial charge in [0.1, 0.15) is 18.4 Å². The minimum Gasteiger partial charge on any atom is -0.354 e. The van der Waals surface area contributed by atoms with E-state index in [4.69, 9.17) is 0 Å². The molecule has 230 valence electrons. The van der Waals surface area contributed by atoms with E-state index in [9.17, 15) is 18.0 Å². The third kappa shape index (κ3) is 8.11. The average Bonchev–Trinajstić information content (AvgIpc) is 3.02. The third-order valence-corrected chi connectivity index (χ3v) is 9.06. The molecule has 0 aliphatic rings. The molecular weight excluding hydrogens is 577 g/mol. The van der Waals surface area contributed by atoms with Crippen LogP contribution in [0.3, 0.4) is 0 Å².